The molecule has 5 heteroatoms. The first-order valence-electron chi connectivity index (χ1n) is 8.95. The number of carbonyl (C=O) groups is 2. The number of amides is 2. The minimum atomic E-state index is -0.618. The van der Waals surface area contributed by atoms with Crippen molar-refractivity contribution in [1.29, 1.82) is 0 Å². The molecule has 1 saturated carbocycles. The van der Waals surface area contributed by atoms with Crippen LogP contribution in [0.2, 0.25) is 0 Å². The van der Waals surface area contributed by atoms with Crippen molar-refractivity contribution in [3.05, 3.63) is 24.3 Å². The Morgan fingerprint density at radius 1 is 1.12 bits per heavy atom. The summed E-state index contributed by atoms with van der Waals surface area (Å²) in [5, 5.41) is 5.49. The molecule has 2 amide bonds. The van der Waals surface area contributed by atoms with E-state index < -0.39 is 11.8 Å². The molecule has 24 heavy (non-hydrogen) atoms. The fourth-order valence-electron chi connectivity index (χ4n) is 2.92. The third-order valence-corrected chi connectivity index (χ3v) is 4.51. The monoisotopic (exact) mass is 332 g/mol. The van der Waals surface area contributed by atoms with Crippen molar-refractivity contribution >= 4 is 17.5 Å². The fraction of sp³-hybridized carbons (Fsp3) is 0.579. The molecule has 0 aliphatic heterocycles. The second-order valence-corrected chi connectivity index (χ2v) is 6.52. The number of benzene rings is 1. The van der Waals surface area contributed by atoms with Crippen LogP contribution in [0.4, 0.5) is 5.69 Å². The lowest BCUT2D eigenvalue weighted by Gasteiger charge is -2.29. The Hall–Kier alpha value is -2.04. The fourth-order valence-corrected chi connectivity index (χ4v) is 2.92. The number of unbranched alkanes of at least 4 members (excludes halogenated alkanes) is 1. The van der Waals surface area contributed by atoms with E-state index in [9.17, 15) is 9.59 Å². The van der Waals surface area contributed by atoms with Crippen LogP contribution in [-0.4, -0.2) is 24.5 Å². The van der Waals surface area contributed by atoms with Gasteiger partial charge in [-0.1, -0.05) is 33.1 Å². The van der Waals surface area contributed by atoms with Crippen LogP contribution in [0.1, 0.15) is 52.4 Å². The highest BCUT2D eigenvalue weighted by Crippen LogP contribution is 2.23. The highest BCUT2D eigenvalue weighted by molar-refractivity contribution is 6.39. The van der Waals surface area contributed by atoms with Crippen LogP contribution in [0.15, 0.2) is 24.3 Å². The van der Waals surface area contributed by atoms with Crippen molar-refractivity contribution in [3.8, 4) is 5.75 Å². The van der Waals surface area contributed by atoms with Gasteiger partial charge in [0.1, 0.15) is 5.75 Å². The maximum atomic E-state index is 12.1. The van der Waals surface area contributed by atoms with E-state index in [1.807, 2.05) is 0 Å². The summed E-state index contributed by atoms with van der Waals surface area (Å²) in [4.78, 5) is 24.1. The zero-order valence-corrected chi connectivity index (χ0v) is 14.6. The van der Waals surface area contributed by atoms with Gasteiger partial charge < -0.3 is 15.4 Å². The normalized spacial score (nSPS) is 20.2. The smallest absolute Gasteiger partial charge is 0.313 e. The van der Waals surface area contributed by atoms with Crippen molar-refractivity contribution in [2.45, 2.75) is 58.4 Å². The molecule has 0 bridgehead atoms. The molecule has 0 heterocycles. The summed E-state index contributed by atoms with van der Waals surface area (Å²) in [7, 11) is 0. The van der Waals surface area contributed by atoms with Gasteiger partial charge in [0.2, 0.25) is 0 Å². The maximum absolute atomic E-state index is 12.1. The van der Waals surface area contributed by atoms with E-state index in [-0.39, 0.29) is 6.04 Å². The number of rotatable bonds is 6. The number of nitrogens with one attached hydrogen (secondary N) is 2. The van der Waals surface area contributed by atoms with Crippen molar-refractivity contribution in [2.75, 3.05) is 11.9 Å². The second-order valence-electron chi connectivity index (χ2n) is 6.52. The zero-order valence-electron chi connectivity index (χ0n) is 14.6. The lowest BCUT2D eigenvalue weighted by molar-refractivity contribution is -0.137. The molecule has 0 unspecified atom stereocenters. The topological polar surface area (TPSA) is 67.4 Å². The van der Waals surface area contributed by atoms with Gasteiger partial charge in [-0.2, -0.15) is 0 Å². The Bertz CT molecular complexity index is 542. The molecular weight excluding hydrogens is 304 g/mol. The van der Waals surface area contributed by atoms with E-state index in [1.165, 1.54) is 6.42 Å². The summed E-state index contributed by atoms with van der Waals surface area (Å²) in [5.41, 5.74) is 0.592. The summed E-state index contributed by atoms with van der Waals surface area (Å²) in [6.07, 6.45) is 6.46. The first-order chi connectivity index (χ1) is 11.6. The molecule has 0 aromatic heterocycles. The van der Waals surface area contributed by atoms with E-state index in [1.54, 1.807) is 24.3 Å². The zero-order chi connectivity index (χ0) is 17.4. The van der Waals surface area contributed by atoms with Crippen LogP contribution in [0, 0.1) is 5.92 Å². The second kappa shape index (κ2) is 9.30. The minimum Gasteiger partial charge on any atom is -0.494 e. The van der Waals surface area contributed by atoms with Crippen molar-refractivity contribution < 1.29 is 14.3 Å². The first kappa shape index (κ1) is 18.3. The Kier molecular flexibility index (Phi) is 7.09. The predicted octanol–water partition coefficient (Wildman–Crippen LogP) is 3.50. The van der Waals surface area contributed by atoms with Crippen LogP contribution in [0.25, 0.3) is 0 Å². The van der Waals surface area contributed by atoms with Crippen LogP contribution in [-0.2, 0) is 9.59 Å². The molecule has 2 N–H and O–H groups in total. The van der Waals surface area contributed by atoms with Crippen LogP contribution < -0.4 is 15.4 Å². The summed E-state index contributed by atoms with van der Waals surface area (Å²) >= 11 is 0. The average Bonchev–Trinajstić information content (AvgIpc) is 2.58. The van der Waals surface area contributed by atoms with Gasteiger partial charge in [0.05, 0.1) is 6.61 Å². The summed E-state index contributed by atoms with van der Waals surface area (Å²) in [6.45, 7) is 4.92. The Balaban J connectivity index is 1.81. The van der Waals surface area contributed by atoms with Gasteiger partial charge in [0.25, 0.3) is 0 Å². The SMILES string of the molecule is CCCCOc1ccc(NC(=O)C(=O)N[C@@H]2CCCC[C@@H]2C)cc1. The molecule has 0 radical (unpaired) electrons. The van der Waals surface area contributed by atoms with Crippen LogP contribution >= 0.6 is 0 Å². The van der Waals surface area contributed by atoms with E-state index >= 15 is 0 Å². The maximum Gasteiger partial charge on any atom is 0.313 e. The lowest BCUT2D eigenvalue weighted by atomic mass is 9.86. The van der Waals surface area contributed by atoms with Crippen molar-refractivity contribution in [1.82, 2.24) is 5.32 Å². The number of hydrogen-bond donors (Lipinski definition) is 2. The molecule has 0 spiro atoms. The Morgan fingerprint density at radius 2 is 1.83 bits per heavy atom. The standard InChI is InChI=1S/C19H28N2O3/c1-3-4-13-24-16-11-9-15(10-12-16)20-18(22)19(23)21-17-8-6-5-7-14(17)2/h9-12,14,17H,3-8,13H2,1-2H3,(H,20,22)(H,21,23)/t14-,17+/m0/s1. The molecule has 0 saturated heterocycles. The van der Waals surface area contributed by atoms with E-state index in [2.05, 4.69) is 24.5 Å². The summed E-state index contributed by atoms with van der Waals surface area (Å²) in [5.74, 6) is 0.0152. The molecule has 2 atom stereocenters. The average molecular weight is 332 g/mol. The van der Waals surface area contributed by atoms with E-state index in [0.29, 0.717) is 18.2 Å². The lowest BCUT2D eigenvalue weighted by Crippen LogP contribution is -2.45. The minimum absolute atomic E-state index is 0.103. The molecule has 132 valence electrons. The molecule has 1 aromatic carbocycles. The quantitative estimate of drug-likeness (QED) is 0.619. The van der Waals surface area contributed by atoms with Gasteiger partial charge in [-0.15, -0.1) is 0 Å². The molecular formula is C19H28N2O3. The number of ether oxygens (including phenoxy) is 1. The van der Waals surface area contributed by atoms with E-state index in [0.717, 1.165) is 37.9 Å². The highest BCUT2D eigenvalue weighted by atomic mass is 16.5. The van der Waals surface area contributed by atoms with Gasteiger partial charge in [-0.05, 0) is 49.4 Å². The highest BCUT2D eigenvalue weighted by Gasteiger charge is 2.25. The third kappa shape index (κ3) is 5.55. The van der Waals surface area contributed by atoms with Gasteiger partial charge in [0.15, 0.2) is 0 Å². The van der Waals surface area contributed by atoms with Crippen molar-refractivity contribution in [3.63, 3.8) is 0 Å². The van der Waals surface area contributed by atoms with Gasteiger partial charge in [-0.25, -0.2) is 0 Å². The molecule has 1 fully saturated rings. The van der Waals surface area contributed by atoms with E-state index in [4.69, 9.17) is 4.74 Å². The van der Waals surface area contributed by atoms with Gasteiger partial charge >= 0.3 is 11.8 Å². The first-order valence-corrected chi connectivity index (χ1v) is 8.95. The molecule has 1 aliphatic carbocycles. The van der Waals surface area contributed by atoms with Gasteiger partial charge in [0, 0.05) is 11.7 Å². The van der Waals surface area contributed by atoms with Crippen molar-refractivity contribution in [2.24, 2.45) is 5.92 Å². The number of anilines is 1. The largest absolute Gasteiger partial charge is 0.494 e. The number of carbonyl (C=O) groups excluding carboxylic acids is 2. The van der Waals surface area contributed by atoms with Crippen LogP contribution in [0.5, 0.6) is 5.75 Å². The third-order valence-electron chi connectivity index (χ3n) is 4.51. The molecule has 1 aromatic rings. The Morgan fingerprint density at radius 3 is 2.50 bits per heavy atom. The molecule has 1 aliphatic rings. The summed E-state index contributed by atoms with van der Waals surface area (Å²) in [6, 6.07) is 7.19. The summed E-state index contributed by atoms with van der Waals surface area (Å²) < 4.78 is 5.57. The number of hydrogen-bond acceptors (Lipinski definition) is 3. The van der Waals surface area contributed by atoms with Gasteiger partial charge in [-0.3, -0.25) is 9.59 Å². The molecule has 5 nitrogen and oxygen atoms in total. The van der Waals surface area contributed by atoms with Crippen LogP contribution in [0.3, 0.4) is 0 Å². The molecule has 2 rings (SSSR count). The predicted molar refractivity (Wildman–Crippen MR) is 95.0 cm³/mol. The Labute approximate surface area is 144 Å².